The summed E-state index contributed by atoms with van der Waals surface area (Å²) in [6.07, 6.45) is 3.51. The summed E-state index contributed by atoms with van der Waals surface area (Å²) in [7, 11) is 0. The number of nitrogen functional groups attached to an aromatic ring is 1. The summed E-state index contributed by atoms with van der Waals surface area (Å²) in [5.74, 6) is 0.693. The molecule has 0 atom stereocenters. The molecule has 2 aromatic heterocycles. The van der Waals surface area contributed by atoms with Crippen molar-refractivity contribution < 1.29 is 0 Å². The van der Waals surface area contributed by atoms with E-state index in [0.29, 0.717) is 12.4 Å². The molecule has 0 bridgehead atoms. The fourth-order valence-electron chi connectivity index (χ4n) is 1.97. The van der Waals surface area contributed by atoms with Crippen LogP contribution in [0.5, 0.6) is 0 Å². The van der Waals surface area contributed by atoms with Crippen LogP contribution in [0.15, 0.2) is 48.9 Å². The van der Waals surface area contributed by atoms with Crippen LogP contribution in [0.1, 0.15) is 11.3 Å². The van der Waals surface area contributed by atoms with Gasteiger partial charge in [-0.25, -0.2) is 9.67 Å². The fraction of sp³-hybridized carbons (Fsp3) is 0.133. The molecule has 0 amide bonds. The molecule has 0 spiro atoms. The van der Waals surface area contributed by atoms with E-state index in [4.69, 9.17) is 5.73 Å². The molecule has 5 heteroatoms. The average molecular weight is 265 g/mol. The number of nitrogens with two attached hydrogens (primary N) is 1. The normalized spacial score (nSPS) is 10.7. The molecule has 5 nitrogen and oxygen atoms in total. The van der Waals surface area contributed by atoms with E-state index in [1.54, 1.807) is 17.2 Å². The first kappa shape index (κ1) is 12.3. The Morgan fingerprint density at radius 1 is 1.10 bits per heavy atom. The number of aromatic nitrogens is 4. The first-order chi connectivity index (χ1) is 9.72. The number of rotatable bonds is 3. The van der Waals surface area contributed by atoms with Gasteiger partial charge < -0.3 is 5.73 Å². The van der Waals surface area contributed by atoms with Crippen molar-refractivity contribution in [3.05, 3.63) is 60.2 Å². The fourth-order valence-corrected chi connectivity index (χ4v) is 1.97. The third kappa shape index (κ3) is 2.51. The van der Waals surface area contributed by atoms with Crippen molar-refractivity contribution in [3.63, 3.8) is 0 Å². The van der Waals surface area contributed by atoms with E-state index in [9.17, 15) is 0 Å². The molecule has 2 heterocycles. The van der Waals surface area contributed by atoms with Crippen molar-refractivity contribution in [2.75, 3.05) is 5.73 Å². The van der Waals surface area contributed by atoms with Crippen molar-refractivity contribution in [1.29, 1.82) is 0 Å². The largest absolute Gasteiger partial charge is 0.399 e. The molecule has 2 N–H and O–H groups in total. The number of pyridine rings is 1. The Kier molecular flexibility index (Phi) is 3.16. The molecule has 3 aromatic rings. The molecule has 0 aliphatic heterocycles. The average Bonchev–Trinajstić information content (AvgIpc) is 2.91. The standard InChI is InChI=1S/C15H15N5/c1-11-3-2-8-17-14(11)9-20-10-18-15(19-20)12-4-6-13(16)7-5-12/h2-8,10H,9,16H2,1H3. The van der Waals surface area contributed by atoms with E-state index in [1.165, 1.54) is 0 Å². The van der Waals surface area contributed by atoms with Crippen LogP contribution in [0.2, 0.25) is 0 Å². The topological polar surface area (TPSA) is 69.6 Å². The summed E-state index contributed by atoms with van der Waals surface area (Å²) in [4.78, 5) is 8.69. The Balaban J connectivity index is 1.84. The predicted molar refractivity (Wildman–Crippen MR) is 77.9 cm³/mol. The SMILES string of the molecule is Cc1cccnc1Cn1cnc(-c2ccc(N)cc2)n1. The number of nitrogens with zero attached hydrogens (tertiary/aromatic N) is 4. The second-order valence-corrected chi connectivity index (χ2v) is 4.65. The van der Waals surface area contributed by atoms with Crippen LogP contribution in [0, 0.1) is 6.92 Å². The second-order valence-electron chi connectivity index (χ2n) is 4.65. The maximum Gasteiger partial charge on any atom is 0.181 e. The van der Waals surface area contributed by atoms with Crippen LogP contribution in [0.4, 0.5) is 5.69 Å². The second kappa shape index (κ2) is 5.13. The summed E-state index contributed by atoms with van der Waals surface area (Å²) in [6.45, 7) is 2.66. The van der Waals surface area contributed by atoms with Gasteiger partial charge in [-0.15, -0.1) is 0 Å². The monoisotopic (exact) mass is 265 g/mol. The first-order valence-electron chi connectivity index (χ1n) is 6.38. The van der Waals surface area contributed by atoms with Gasteiger partial charge in [0.2, 0.25) is 0 Å². The Morgan fingerprint density at radius 2 is 1.90 bits per heavy atom. The third-order valence-electron chi connectivity index (χ3n) is 3.13. The van der Waals surface area contributed by atoms with Gasteiger partial charge in [0.25, 0.3) is 0 Å². The van der Waals surface area contributed by atoms with E-state index in [0.717, 1.165) is 22.5 Å². The zero-order chi connectivity index (χ0) is 13.9. The van der Waals surface area contributed by atoms with Crippen LogP contribution in [0.25, 0.3) is 11.4 Å². The van der Waals surface area contributed by atoms with Gasteiger partial charge in [0.15, 0.2) is 5.82 Å². The number of anilines is 1. The van der Waals surface area contributed by atoms with Crippen LogP contribution in [-0.4, -0.2) is 19.7 Å². The molecule has 0 fully saturated rings. The van der Waals surface area contributed by atoms with Gasteiger partial charge in [-0.1, -0.05) is 6.07 Å². The van der Waals surface area contributed by atoms with Crippen LogP contribution >= 0.6 is 0 Å². The molecule has 0 saturated heterocycles. The zero-order valence-corrected chi connectivity index (χ0v) is 11.2. The lowest BCUT2D eigenvalue weighted by Crippen LogP contribution is -2.04. The van der Waals surface area contributed by atoms with Crippen LogP contribution in [-0.2, 0) is 6.54 Å². The highest BCUT2D eigenvalue weighted by Gasteiger charge is 2.06. The molecule has 0 saturated carbocycles. The van der Waals surface area contributed by atoms with Gasteiger partial charge in [0.1, 0.15) is 6.33 Å². The van der Waals surface area contributed by atoms with E-state index < -0.39 is 0 Å². The van der Waals surface area contributed by atoms with Gasteiger partial charge in [0, 0.05) is 17.4 Å². The molecule has 0 radical (unpaired) electrons. The minimum Gasteiger partial charge on any atom is -0.399 e. The number of benzene rings is 1. The van der Waals surface area contributed by atoms with E-state index in [-0.39, 0.29) is 0 Å². The van der Waals surface area contributed by atoms with Crippen molar-refractivity contribution in [2.45, 2.75) is 13.5 Å². The minimum absolute atomic E-state index is 0.620. The summed E-state index contributed by atoms with van der Waals surface area (Å²) >= 11 is 0. The highest BCUT2D eigenvalue weighted by Crippen LogP contribution is 2.16. The van der Waals surface area contributed by atoms with Crippen LogP contribution in [0.3, 0.4) is 0 Å². The smallest absolute Gasteiger partial charge is 0.181 e. The maximum absolute atomic E-state index is 5.67. The van der Waals surface area contributed by atoms with Gasteiger partial charge in [-0.2, -0.15) is 5.10 Å². The highest BCUT2D eigenvalue weighted by molar-refractivity contribution is 5.57. The van der Waals surface area contributed by atoms with E-state index in [1.807, 2.05) is 43.3 Å². The van der Waals surface area contributed by atoms with Crippen molar-refractivity contribution in [1.82, 2.24) is 19.7 Å². The highest BCUT2D eigenvalue weighted by atomic mass is 15.3. The van der Waals surface area contributed by atoms with Gasteiger partial charge in [-0.3, -0.25) is 4.98 Å². The molecule has 0 aliphatic rings. The molecule has 3 rings (SSSR count). The molecule has 0 aliphatic carbocycles. The van der Waals surface area contributed by atoms with Gasteiger partial charge in [0.05, 0.1) is 12.2 Å². The Morgan fingerprint density at radius 3 is 2.65 bits per heavy atom. The maximum atomic E-state index is 5.67. The lowest BCUT2D eigenvalue weighted by Gasteiger charge is -2.03. The summed E-state index contributed by atoms with van der Waals surface area (Å²) in [6, 6.07) is 11.5. The first-order valence-corrected chi connectivity index (χ1v) is 6.38. The van der Waals surface area contributed by atoms with E-state index in [2.05, 4.69) is 15.1 Å². The lowest BCUT2D eigenvalue weighted by atomic mass is 10.2. The molecule has 0 unspecified atom stereocenters. The molecule has 1 aromatic carbocycles. The van der Waals surface area contributed by atoms with Crippen LogP contribution < -0.4 is 5.73 Å². The number of aryl methyl sites for hydroxylation is 1. The number of hydrogen-bond acceptors (Lipinski definition) is 4. The predicted octanol–water partition coefficient (Wildman–Crippen LogP) is 2.28. The third-order valence-corrected chi connectivity index (χ3v) is 3.13. The molecule has 20 heavy (non-hydrogen) atoms. The Bertz CT molecular complexity index is 715. The van der Waals surface area contributed by atoms with Crippen molar-refractivity contribution in [2.24, 2.45) is 0 Å². The Hall–Kier alpha value is -2.69. The van der Waals surface area contributed by atoms with Gasteiger partial charge in [-0.05, 0) is 42.8 Å². The van der Waals surface area contributed by atoms with Crippen molar-refractivity contribution >= 4 is 5.69 Å². The molecular weight excluding hydrogens is 250 g/mol. The van der Waals surface area contributed by atoms with Gasteiger partial charge >= 0.3 is 0 Å². The summed E-state index contributed by atoms with van der Waals surface area (Å²) < 4.78 is 1.79. The zero-order valence-electron chi connectivity index (χ0n) is 11.2. The molecule has 100 valence electrons. The minimum atomic E-state index is 0.620. The Labute approximate surface area is 117 Å². The molecular formula is C15H15N5. The summed E-state index contributed by atoms with van der Waals surface area (Å²) in [5.41, 5.74) is 9.51. The number of hydrogen-bond donors (Lipinski definition) is 1. The lowest BCUT2D eigenvalue weighted by molar-refractivity contribution is 0.669. The summed E-state index contributed by atoms with van der Waals surface area (Å²) in [5, 5.41) is 4.47. The van der Waals surface area contributed by atoms with E-state index >= 15 is 0 Å². The quantitative estimate of drug-likeness (QED) is 0.738. The van der Waals surface area contributed by atoms with Crippen molar-refractivity contribution in [3.8, 4) is 11.4 Å².